The summed E-state index contributed by atoms with van der Waals surface area (Å²) in [5, 5.41) is 2.19. The number of hydrogen-bond acceptors (Lipinski definition) is 5. The van der Waals surface area contributed by atoms with Gasteiger partial charge in [0.1, 0.15) is 6.10 Å². The van der Waals surface area contributed by atoms with Gasteiger partial charge in [-0.3, -0.25) is 9.78 Å². The lowest BCUT2D eigenvalue weighted by atomic mass is 10.1. The molecule has 1 aliphatic heterocycles. The summed E-state index contributed by atoms with van der Waals surface area (Å²) in [5.41, 5.74) is 1.31. The number of hydrogen-bond donors (Lipinski definition) is 0. The maximum Gasteiger partial charge on any atom is 0.257 e. The molecule has 0 bridgehead atoms. The van der Waals surface area contributed by atoms with Crippen LogP contribution in [-0.2, 0) is 4.74 Å². The molecular formula is C22H22N2O4. The molecule has 1 atom stereocenters. The fraction of sp³-hybridized carbons (Fsp3) is 0.273. The van der Waals surface area contributed by atoms with Gasteiger partial charge in [-0.1, -0.05) is 30.3 Å². The van der Waals surface area contributed by atoms with Gasteiger partial charge in [-0.25, -0.2) is 0 Å². The number of amides is 1. The van der Waals surface area contributed by atoms with Crippen LogP contribution in [0.15, 0.2) is 54.7 Å². The topological polar surface area (TPSA) is 60.9 Å². The van der Waals surface area contributed by atoms with E-state index in [1.165, 1.54) is 7.11 Å². The van der Waals surface area contributed by atoms with Crippen molar-refractivity contribution in [3.8, 4) is 11.5 Å². The van der Waals surface area contributed by atoms with Gasteiger partial charge < -0.3 is 19.1 Å². The summed E-state index contributed by atoms with van der Waals surface area (Å²) in [6.07, 6.45) is 1.58. The van der Waals surface area contributed by atoms with Crippen LogP contribution in [0.25, 0.3) is 10.8 Å². The standard InChI is InChI=1S/C22H22N2O4/c1-26-19-9-5-8-17(21(19)27-2)22(25)24-10-11-28-20(14-24)18-12-15-6-3-4-7-16(15)13-23-18/h3-9,12-13,20H,10-11,14H2,1-2H3. The zero-order valence-electron chi connectivity index (χ0n) is 15.9. The molecule has 1 aromatic heterocycles. The Hall–Kier alpha value is -3.12. The van der Waals surface area contributed by atoms with E-state index in [0.29, 0.717) is 36.8 Å². The van der Waals surface area contributed by atoms with Gasteiger partial charge in [0, 0.05) is 18.1 Å². The van der Waals surface area contributed by atoms with Gasteiger partial charge >= 0.3 is 0 Å². The minimum absolute atomic E-state index is 0.107. The van der Waals surface area contributed by atoms with Crippen LogP contribution in [0.1, 0.15) is 22.2 Å². The lowest BCUT2D eigenvalue weighted by Crippen LogP contribution is -2.42. The number of para-hydroxylation sites is 1. The molecule has 1 unspecified atom stereocenters. The summed E-state index contributed by atoms with van der Waals surface area (Å²) in [7, 11) is 3.10. The first-order chi connectivity index (χ1) is 13.7. The van der Waals surface area contributed by atoms with Crippen LogP contribution in [-0.4, -0.2) is 49.7 Å². The van der Waals surface area contributed by atoms with Gasteiger partial charge in [0.25, 0.3) is 5.91 Å². The molecule has 0 aliphatic carbocycles. The van der Waals surface area contributed by atoms with Crippen molar-refractivity contribution in [2.45, 2.75) is 6.10 Å². The summed E-state index contributed by atoms with van der Waals surface area (Å²) in [6, 6.07) is 15.4. The predicted molar refractivity (Wildman–Crippen MR) is 106 cm³/mol. The number of pyridine rings is 1. The molecule has 0 saturated carbocycles. The minimum atomic E-state index is -0.265. The molecule has 4 rings (SSSR count). The Kier molecular flexibility index (Phi) is 5.12. The number of morpholine rings is 1. The summed E-state index contributed by atoms with van der Waals surface area (Å²) in [4.78, 5) is 19.5. The number of nitrogens with zero attached hydrogens (tertiary/aromatic N) is 2. The van der Waals surface area contributed by atoms with E-state index in [9.17, 15) is 4.79 Å². The Morgan fingerprint density at radius 1 is 1.11 bits per heavy atom. The fourth-order valence-corrected chi connectivity index (χ4v) is 3.52. The van der Waals surface area contributed by atoms with Crippen LogP contribution >= 0.6 is 0 Å². The van der Waals surface area contributed by atoms with Crippen LogP contribution in [0.4, 0.5) is 0 Å². The zero-order valence-corrected chi connectivity index (χ0v) is 15.9. The van der Waals surface area contributed by atoms with Crippen molar-refractivity contribution >= 4 is 16.7 Å². The zero-order chi connectivity index (χ0) is 19.5. The van der Waals surface area contributed by atoms with Gasteiger partial charge in [-0.2, -0.15) is 0 Å². The number of aromatic nitrogens is 1. The molecule has 1 aliphatic rings. The van der Waals surface area contributed by atoms with Crippen molar-refractivity contribution in [1.29, 1.82) is 0 Å². The number of benzene rings is 2. The minimum Gasteiger partial charge on any atom is -0.493 e. The van der Waals surface area contributed by atoms with Crippen LogP contribution in [0.5, 0.6) is 11.5 Å². The molecule has 1 fully saturated rings. The molecule has 144 valence electrons. The van der Waals surface area contributed by atoms with E-state index in [1.54, 1.807) is 30.2 Å². The maximum atomic E-state index is 13.2. The molecule has 1 amide bonds. The average Bonchev–Trinajstić information content (AvgIpc) is 2.77. The second-order valence-electron chi connectivity index (χ2n) is 6.61. The van der Waals surface area contributed by atoms with Crippen molar-refractivity contribution in [2.75, 3.05) is 33.9 Å². The Morgan fingerprint density at radius 2 is 1.93 bits per heavy atom. The van der Waals surface area contributed by atoms with Crippen molar-refractivity contribution in [3.05, 3.63) is 66.0 Å². The van der Waals surface area contributed by atoms with E-state index in [2.05, 4.69) is 4.98 Å². The normalized spacial score (nSPS) is 16.8. The molecular weight excluding hydrogens is 356 g/mol. The summed E-state index contributed by atoms with van der Waals surface area (Å²) < 4.78 is 16.7. The number of methoxy groups -OCH3 is 2. The first-order valence-electron chi connectivity index (χ1n) is 9.18. The first kappa shape index (κ1) is 18.3. The van der Waals surface area contributed by atoms with Crippen molar-refractivity contribution in [1.82, 2.24) is 9.88 Å². The SMILES string of the molecule is COc1cccc(C(=O)N2CCOC(c3cc4ccccc4cn3)C2)c1OC. The lowest BCUT2D eigenvalue weighted by molar-refractivity contribution is -0.0247. The molecule has 6 nitrogen and oxygen atoms in total. The highest BCUT2D eigenvalue weighted by atomic mass is 16.5. The number of carbonyl (C=O) groups is 1. The van der Waals surface area contributed by atoms with Crippen LogP contribution in [0.2, 0.25) is 0 Å². The highest BCUT2D eigenvalue weighted by molar-refractivity contribution is 5.98. The van der Waals surface area contributed by atoms with Crippen molar-refractivity contribution < 1.29 is 19.0 Å². The second-order valence-corrected chi connectivity index (χ2v) is 6.61. The highest BCUT2D eigenvalue weighted by Gasteiger charge is 2.29. The van der Waals surface area contributed by atoms with Gasteiger partial charge in [-0.05, 0) is 23.6 Å². The van der Waals surface area contributed by atoms with E-state index in [0.717, 1.165) is 16.5 Å². The fourth-order valence-electron chi connectivity index (χ4n) is 3.52. The summed E-state index contributed by atoms with van der Waals surface area (Å²) in [5.74, 6) is 0.876. The van der Waals surface area contributed by atoms with Gasteiger partial charge in [0.05, 0.1) is 38.6 Å². The van der Waals surface area contributed by atoms with Crippen LogP contribution < -0.4 is 9.47 Å². The third-order valence-electron chi connectivity index (χ3n) is 4.97. The molecule has 2 heterocycles. The van der Waals surface area contributed by atoms with E-state index >= 15 is 0 Å². The number of fused-ring (bicyclic) bond motifs is 1. The Bertz CT molecular complexity index is 1000. The second kappa shape index (κ2) is 7.86. The van der Waals surface area contributed by atoms with E-state index in [4.69, 9.17) is 14.2 Å². The lowest BCUT2D eigenvalue weighted by Gasteiger charge is -2.33. The molecule has 3 aromatic rings. The third kappa shape index (κ3) is 3.39. The summed E-state index contributed by atoms with van der Waals surface area (Å²) >= 11 is 0. The molecule has 0 N–H and O–H groups in total. The van der Waals surface area contributed by atoms with E-state index in [1.807, 2.05) is 36.5 Å². The quantitative estimate of drug-likeness (QED) is 0.696. The van der Waals surface area contributed by atoms with E-state index < -0.39 is 0 Å². The van der Waals surface area contributed by atoms with Gasteiger partial charge in [-0.15, -0.1) is 0 Å². The smallest absolute Gasteiger partial charge is 0.257 e. The molecule has 28 heavy (non-hydrogen) atoms. The molecule has 2 aromatic carbocycles. The monoisotopic (exact) mass is 378 g/mol. The average molecular weight is 378 g/mol. The van der Waals surface area contributed by atoms with Crippen molar-refractivity contribution in [2.24, 2.45) is 0 Å². The number of ether oxygens (including phenoxy) is 3. The van der Waals surface area contributed by atoms with Crippen LogP contribution in [0, 0.1) is 0 Å². The van der Waals surface area contributed by atoms with Crippen LogP contribution in [0.3, 0.4) is 0 Å². The van der Waals surface area contributed by atoms with Gasteiger partial charge in [0.2, 0.25) is 0 Å². The highest BCUT2D eigenvalue weighted by Crippen LogP contribution is 2.32. The first-order valence-corrected chi connectivity index (χ1v) is 9.18. The number of carbonyl (C=O) groups excluding carboxylic acids is 1. The Balaban J connectivity index is 1.59. The predicted octanol–water partition coefficient (Wildman–Crippen LogP) is 3.47. The van der Waals surface area contributed by atoms with E-state index in [-0.39, 0.29) is 12.0 Å². The largest absolute Gasteiger partial charge is 0.493 e. The Labute approximate surface area is 163 Å². The third-order valence-corrected chi connectivity index (χ3v) is 4.97. The summed E-state index contributed by atoms with van der Waals surface area (Å²) in [6.45, 7) is 1.41. The number of rotatable bonds is 4. The van der Waals surface area contributed by atoms with Gasteiger partial charge in [0.15, 0.2) is 11.5 Å². The Morgan fingerprint density at radius 3 is 2.71 bits per heavy atom. The maximum absolute atomic E-state index is 13.2. The molecule has 1 saturated heterocycles. The molecule has 0 radical (unpaired) electrons. The molecule has 0 spiro atoms. The molecule has 6 heteroatoms. The van der Waals surface area contributed by atoms with Crippen molar-refractivity contribution in [3.63, 3.8) is 0 Å².